The van der Waals surface area contributed by atoms with E-state index in [0.717, 1.165) is 11.0 Å². The van der Waals surface area contributed by atoms with Crippen molar-refractivity contribution in [1.29, 1.82) is 0 Å². The molecule has 23 heavy (non-hydrogen) atoms. The number of ether oxygens (including phenoxy) is 2. The van der Waals surface area contributed by atoms with E-state index in [1.54, 1.807) is 6.07 Å². The third-order valence-electron chi connectivity index (χ3n) is 3.20. The van der Waals surface area contributed by atoms with Crippen molar-refractivity contribution in [2.75, 3.05) is 20.8 Å². The van der Waals surface area contributed by atoms with Gasteiger partial charge in [0.2, 0.25) is 0 Å². The summed E-state index contributed by atoms with van der Waals surface area (Å²) in [5, 5.41) is 8.89. The molecule has 0 fully saturated rings. The van der Waals surface area contributed by atoms with Gasteiger partial charge in [0.25, 0.3) is 0 Å². The molecule has 0 saturated heterocycles. The van der Waals surface area contributed by atoms with Gasteiger partial charge in [-0.25, -0.2) is 4.39 Å². The van der Waals surface area contributed by atoms with Gasteiger partial charge in [-0.05, 0) is 12.6 Å². The van der Waals surface area contributed by atoms with Crippen molar-refractivity contribution in [3.63, 3.8) is 0 Å². The van der Waals surface area contributed by atoms with Crippen LogP contribution in [0.4, 0.5) is 4.39 Å². The summed E-state index contributed by atoms with van der Waals surface area (Å²) >= 11 is 1.41. The van der Waals surface area contributed by atoms with E-state index < -0.39 is 0 Å². The number of halogens is 2. The zero-order valence-electron chi connectivity index (χ0n) is 13.2. The molecule has 9 heteroatoms. The molecule has 0 aliphatic carbocycles. The van der Waals surface area contributed by atoms with Crippen molar-refractivity contribution in [3.05, 3.63) is 29.3 Å². The van der Waals surface area contributed by atoms with Crippen LogP contribution in [0.2, 0.25) is 0 Å². The van der Waals surface area contributed by atoms with Gasteiger partial charge in [-0.15, -0.1) is 22.6 Å². The summed E-state index contributed by atoms with van der Waals surface area (Å²) in [4.78, 5) is 0. The largest absolute Gasteiger partial charge is 0.493 e. The molecule has 6 nitrogen and oxygen atoms in total. The predicted molar refractivity (Wildman–Crippen MR) is 90.1 cm³/mol. The van der Waals surface area contributed by atoms with Crippen LogP contribution in [-0.4, -0.2) is 35.5 Å². The molecule has 1 aromatic carbocycles. The van der Waals surface area contributed by atoms with Crippen molar-refractivity contribution in [2.24, 2.45) is 12.8 Å². The van der Waals surface area contributed by atoms with Crippen LogP contribution < -0.4 is 15.2 Å². The van der Waals surface area contributed by atoms with Gasteiger partial charge in [-0.3, -0.25) is 0 Å². The average molecular weight is 363 g/mol. The normalized spacial score (nSPS) is 10.3. The Balaban J connectivity index is 0.00000264. The van der Waals surface area contributed by atoms with Crippen molar-refractivity contribution >= 4 is 24.2 Å². The van der Waals surface area contributed by atoms with Gasteiger partial charge in [0, 0.05) is 30.9 Å². The van der Waals surface area contributed by atoms with Crippen LogP contribution in [0.15, 0.2) is 17.3 Å². The molecule has 0 saturated carbocycles. The lowest BCUT2D eigenvalue weighted by Crippen LogP contribution is -2.08. The number of nitrogens with zero attached hydrogens (tertiary/aromatic N) is 3. The number of aromatic nitrogens is 3. The van der Waals surface area contributed by atoms with Crippen LogP contribution in [0.1, 0.15) is 11.4 Å². The minimum atomic E-state index is -0.338. The highest BCUT2D eigenvalue weighted by Gasteiger charge is 2.14. The van der Waals surface area contributed by atoms with E-state index in [1.165, 1.54) is 32.0 Å². The molecular weight excluding hydrogens is 343 g/mol. The fraction of sp³-hybridized carbons (Fsp3) is 0.429. The Morgan fingerprint density at radius 3 is 2.48 bits per heavy atom. The lowest BCUT2D eigenvalue weighted by molar-refractivity contribution is 0.352. The fourth-order valence-electron chi connectivity index (χ4n) is 1.97. The van der Waals surface area contributed by atoms with Gasteiger partial charge in [0.15, 0.2) is 16.7 Å². The number of hydrogen-bond acceptors (Lipinski definition) is 6. The second-order valence-corrected chi connectivity index (χ2v) is 5.53. The summed E-state index contributed by atoms with van der Waals surface area (Å²) in [6.07, 6.45) is 0.661. The van der Waals surface area contributed by atoms with E-state index in [4.69, 9.17) is 15.2 Å². The summed E-state index contributed by atoms with van der Waals surface area (Å²) in [6, 6.07) is 2.96. The van der Waals surface area contributed by atoms with Crippen molar-refractivity contribution in [2.45, 2.75) is 17.3 Å². The zero-order chi connectivity index (χ0) is 16.1. The number of methoxy groups -OCH3 is 2. The van der Waals surface area contributed by atoms with Gasteiger partial charge in [-0.1, -0.05) is 11.8 Å². The second-order valence-electron chi connectivity index (χ2n) is 4.58. The Labute approximate surface area is 145 Å². The third-order valence-corrected chi connectivity index (χ3v) is 4.27. The Morgan fingerprint density at radius 2 is 1.87 bits per heavy atom. The molecule has 0 aliphatic rings. The molecule has 2 rings (SSSR count). The number of hydrogen-bond donors (Lipinski definition) is 1. The maximum absolute atomic E-state index is 14.1. The molecule has 1 heterocycles. The standard InChI is InChI=1S/C14H19FN4O2S.ClH/c1-19-13(4-5-16)17-18-14(19)22-8-9-6-11(20-2)12(21-3)7-10(9)15;/h6-7H,4-5,8,16H2,1-3H3;1H. The summed E-state index contributed by atoms with van der Waals surface area (Å²) in [7, 11) is 4.87. The summed E-state index contributed by atoms with van der Waals surface area (Å²) in [5.41, 5.74) is 6.04. The van der Waals surface area contributed by atoms with Gasteiger partial charge < -0.3 is 19.8 Å². The van der Waals surface area contributed by atoms with E-state index in [-0.39, 0.29) is 18.2 Å². The van der Waals surface area contributed by atoms with E-state index >= 15 is 0 Å². The molecule has 0 bridgehead atoms. The Hall–Kier alpha value is -1.51. The Kier molecular flexibility index (Phi) is 7.60. The maximum atomic E-state index is 14.1. The van der Waals surface area contributed by atoms with Crippen molar-refractivity contribution < 1.29 is 13.9 Å². The van der Waals surface area contributed by atoms with Crippen molar-refractivity contribution in [1.82, 2.24) is 14.8 Å². The molecule has 0 amide bonds. The quantitative estimate of drug-likeness (QED) is 0.761. The summed E-state index contributed by atoms with van der Waals surface area (Å²) in [6.45, 7) is 0.515. The van der Waals surface area contributed by atoms with Gasteiger partial charge in [0.05, 0.1) is 14.2 Å². The molecule has 2 aromatic rings. The van der Waals surface area contributed by atoms with Crippen LogP contribution in [0.5, 0.6) is 11.5 Å². The molecule has 128 valence electrons. The Morgan fingerprint density at radius 1 is 1.22 bits per heavy atom. The smallest absolute Gasteiger partial charge is 0.191 e. The van der Waals surface area contributed by atoms with E-state index in [0.29, 0.717) is 35.8 Å². The topological polar surface area (TPSA) is 75.2 Å². The molecule has 2 N–H and O–H groups in total. The van der Waals surface area contributed by atoms with E-state index in [1.807, 2.05) is 11.6 Å². The van der Waals surface area contributed by atoms with Crippen LogP contribution in [0.3, 0.4) is 0 Å². The number of benzene rings is 1. The number of rotatable bonds is 7. The molecule has 0 aliphatic heterocycles. The number of nitrogens with two attached hydrogens (primary N) is 1. The SMILES string of the molecule is COc1cc(F)c(CSc2nnc(CCN)n2C)cc1OC.Cl. The molecular formula is C14H20ClFN4O2S. The monoisotopic (exact) mass is 362 g/mol. The molecule has 0 radical (unpaired) electrons. The molecule has 0 atom stereocenters. The molecule has 1 aromatic heterocycles. The van der Waals surface area contributed by atoms with Gasteiger partial charge >= 0.3 is 0 Å². The first-order valence-corrected chi connectivity index (χ1v) is 7.70. The van der Waals surface area contributed by atoms with E-state index in [9.17, 15) is 4.39 Å². The first kappa shape index (κ1) is 19.5. The van der Waals surface area contributed by atoms with Crippen molar-refractivity contribution in [3.8, 4) is 11.5 Å². The lowest BCUT2D eigenvalue weighted by Gasteiger charge is -2.10. The first-order chi connectivity index (χ1) is 10.6. The average Bonchev–Trinajstić information content (AvgIpc) is 2.87. The Bertz CT molecular complexity index is 654. The zero-order valence-corrected chi connectivity index (χ0v) is 14.8. The highest BCUT2D eigenvalue weighted by atomic mass is 35.5. The van der Waals surface area contributed by atoms with Crippen LogP contribution in [0.25, 0.3) is 0 Å². The maximum Gasteiger partial charge on any atom is 0.191 e. The van der Waals surface area contributed by atoms with Gasteiger partial charge in [0.1, 0.15) is 11.6 Å². The highest BCUT2D eigenvalue weighted by Crippen LogP contribution is 2.32. The fourth-order valence-corrected chi connectivity index (χ4v) is 2.87. The van der Waals surface area contributed by atoms with Crippen LogP contribution >= 0.6 is 24.2 Å². The lowest BCUT2D eigenvalue weighted by atomic mass is 10.2. The van der Waals surface area contributed by atoms with E-state index in [2.05, 4.69) is 10.2 Å². The van der Waals surface area contributed by atoms with Crippen LogP contribution in [0, 0.1) is 5.82 Å². The third kappa shape index (κ3) is 4.49. The first-order valence-electron chi connectivity index (χ1n) is 6.72. The summed E-state index contributed by atoms with van der Waals surface area (Å²) in [5.74, 6) is 1.77. The predicted octanol–water partition coefficient (Wildman–Crippen LogP) is 2.19. The van der Waals surface area contributed by atoms with Crippen LogP contribution in [-0.2, 0) is 19.2 Å². The van der Waals surface area contributed by atoms with Gasteiger partial charge in [-0.2, -0.15) is 0 Å². The highest BCUT2D eigenvalue weighted by molar-refractivity contribution is 7.98. The number of thioether (sulfide) groups is 1. The summed E-state index contributed by atoms with van der Waals surface area (Å²) < 4.78 is 26.2. The minimum Gasteiger partial charge on any atom is -0.493 e. The minimum absolute atomic E-state index is 0. The second kappa shape index (κ2) is 8.95. The molecule has 0 spiro atoms. The molecule has 0 unspecified atom stereocenters.